The zero-order valence-corrected chi connectivity index (χ0v) is 19.2. The summed E-state index contributed by atoms with van der Waals surface area (Å²) in [7, 11) is 2.47. The minimum atomic E-state index is -5.76. The Kier molecular flexibility index (Phi) is 7.05. The van der Waals surface area contributed by atoms with Gasteiger partial charge in [0.2, 0.25) is 5.41 Å². The molecule has 0 radical (unpaired) electrons. The van der Waals surface area contributed by atoms with Crippen molar-refractivity contribution in [1.29, 1.82) is 0 Å². The minimum absolute atomic E-state index is 0.0460. The summed E-state index contributed by atoms with van der Waals surface area (Å²) in [5, 5.41) is 0.903. The molecule has 0 fully saturated rings. The molecular formula is C26H22F6O4. The van der Waals surface area contributed by atoms with Crippen LogP contribution in [0.1, 0.15) is 5.56 Å². The molecule has 0 unspecified atom stereocenters. The topological polar surface area (TPSA) is 36.9 Å². The Bertz CT molecular complexity index is 1350. The Hall–Kier alpha value is -3.08. The van der Waals surface area contributed by atoms with E-state index in [1.54, 1.807) is 30.3 Å². The maximum Gasteiger partial charge on any atom is 0.409 e. The predicted molar refractivity (Wildman–Crippen MR) is 120 cm³/mol. The summed E-state index contributed by atoms with van der Waals surface area (Å²) in [4.78, 5) is 0. The first kappa shape index (κ1) is 26.0. The molecule has 192 valence electrons. The number of methoxy groups -OCH3 is 2. The van der Waals surface area contributed by atoms with E-state index in [4.69, 9.17) is 18.9 Å². The maximum absolute atomic E-state index is 14.6. The SMILES string of the molecule is COCOc1ccc2ccccc2c1C1=c2ccccc2=CC(C(F)(F)F)(C(F)(F)F)[C@@H]1OCOC. The van der Waals surface area contributed by atoms with Crippen LogP contribution in [0.15, 0.2) is 60.7 Å². The number of ether oxygens (including phenoxy) is 4. The molecule has 0 amide bonds. The predicted octanol–water partition coefficient (Wildman–Crippen LogP) is 4.92. The third-order valence-corrected chi connectivity index (χ3v) is 6.09. The molecular weight excluding hydrogens is 490 g/mol. The second-order valence-corrected chi connectivity index (χ2v) is 8.17. The van der Waals surface area contributed by atoms with E-state index in [1.165, 1.54) is 37.4 Å². The quantitative estimate of drug-likeness (QED) is 0.333. The molecule has 0 saturated heterocycles. The number of alkyl halides is 6. The number of benzene rings is 3. The molecule has 0 N–H and O–H groups in total. The second kappa shape index (κ2) is 9.76. The van der Waals surface area contributed by atoms with E-state index < -0.39 is 30.7 Å². The smallest absolute Gasteiger partial charge is 0.409 e. The molecule has 4 rings (SSSR count). The fraction of sp³-hybridized carbons (Fsp3) is 0.308. The van der Waals surface area contributed by atoms with Gasteiger partial charge in [0.15, 0.2) is 6.79 Å². The van der Waals surface area contributed by atoms with Gasteiger partial charge in [-0.05, 0) is 33.4 Å². The number of halogens is 6. The van der Waals surface area contributed by atoms with Gasteiger partial charge in [0.25, 0.3) is 0 Å². The average molecular weight is 512 g/mol. The van der Waals surface area contributed by atoms with E-state index in [-0.39, 0.29) is 40.2 Å². The van der Waals surface area contributed by atoms with Crippen LogP contribution in [0.3, 0.4) is 0 Å². The van der Waals surface area contributed by atoms with E-state index in [1.807, 2.05) is 0 Å². The lowest BCUT2D eigenvalue weighted by Gasteiger charge is -2.43. The fourth-order valence-corrected chi connectivity index (χ4v) is 4.57. The number of hydrogen-bond acceptors (Lipinski definition) is 4. The van der Waals surface area contributed by atoms with Gasteiger partial charge in [-0.15, -0.1) is 0 Å². The van der Waals surface area contributed by atoms with Crippen LogP contribution < -0.4 is 15.2 Å². The van der Waals surface area contributed by atoms with Gasteiger partial charge in [0.05, 0.1) is 0 Å². The molecule has 0 saturated carbocycles. The van der Waals surface area contributed by atoms with Gasteiger partial charge in [0.1, 0.15) is 18.6 Å². The summed E-state index contributed by atoms with van der Waals surface area (Å²) in [6, 6.07) is 15.4. The van der Waals surface area contributed by atoms with Crippen molar-refractivity contribution in [3.05, 3.63) is 76.7 Å². The van der Waals surface area contributed by atoms with Crippen LogP contribution in [-0.4, -0.2) is 46.3 Å². The van der Waals surface area contributed by atoms with Crippen LogP contribution in [0, 0.1) is 5.41 Å². The highest BCUT2D eigenvalue weighted by atomic mass is 19.4. The lowest BCUT2D eigenvalue weighted by Crippen LogP contribution is -2.61. The third kappa shape index (κ3) is 4.23. The maximum atomic E-state index is 14.6. The molecule has 0 heterocycles. The summed E-state index contributed by atoms with van der Waals surface area (Å²) in [5.41, 5.74) is -4.63. The van der Waals surface area contributed by atoms with Crippen LogP contribution in [0.25, 0.3) is 22.4 Å². The number of fused-ring (bicyclic) bond motifs is 2. The van der Waals surface area contributed by atoms with Crippen molar-refractivity contribution in [2.24, 2.45) is 5.41 Å². The van der Waals surface area contributed by atoms with Gasteiger partial charge >= 0.3 is 12.4 Å². The van der Waals surface area contributed by atoms with Crippen LogP contribution in [-0.2, 0) is 14.2 Å². The molecule has 4 nitrogen and oxygen atoms in total. The largest absolute Gasteiger partial charge is 0.467 e. The molecule has 36 heavy (non-hydrogen) atoms. The molecule has 0 aliphatic heterocycles. The highest BCUT2D eigenvalue weighted by molar-refractivity contribution is 5.98. The van der Waals surface area contributed by atoms with E-state index in [0.29, 0.717) is 10.8 Å². The molecule has 10 heteroatoms. The Labute approximate surface area is 202 Å². The van der Waals surface area contributed by atoms with Gasteiger partial charge in [-0.1, -0.05) is 54.6 Å². The van der Waals surface area contributed by atoms with E-state index in [2.05, 4.69) is 0 Å². The molecule has 1 aliphatic carbocycles. The lowest BCUT2D eigenvalue weighted by molar-refractivity contribution is -0.339. The van der Waals surface area contributed by atoms with Crippen LogP contribution in [0.5, 0.6) is 5.75 Å². The minimum Gasteiger partial charge on any atom is -0.467 e. The van der Waals surface area contributed by atoms with E-state index in [0.717, 1.165) is 7.11 Å². The van der Waals surface area contributed by atoms with E-state index in [9.17, 15) is 26.3 Å². The van der Waals surface area contributed by atoms with Gasteiger partial charge in [-0.3, -0.25) is 0 Å². The summed E-state index contributed by atoms with van der Waals surface area (Å²) in [6.45, 7) is -1.09. The zero-order chi connectivity index (χ0) is 26.1. The van der Waals surface area contributed by atoms with Gasteiger partial charge in [-0.25, -0.2) is 0 Å². The molecule has 0 bridgehead atoms. The summed E-state index contributed by atoms with van der Waals surface area (Å²) < 4.78 is 109. The zero-order valence-electron chi connectivity index (χ0n) is 19.2. The van der Waals surface area contributed by atoms with E-state index >= 15 is 0 Å². The first-order valence-electron chi connectivity index (χ1n) is 10.8. The number of rotatable bonds is 7. The van der Waals surface area contributed by atoms with Crippen molar-refractivity contribution in [2.75, 3.05) is 27.8 Å². The summed E-state index contributed by atoms with van der Waals surface area (Å²) in [6.07, 6.45) is -13.9. The molecule has 0 spiro atoms. The number of hydrogen-bond donors (Lipinski definition) is 0. The Morgan fingerprint density at radius 1 is 0.778 bits per heavy atom. The second-order valence-electron chi connectivity index (χ2n) is 8.17. The molecule has 0 aromatic heterocycles. The van der Waals surface area contributed by atoms with Crippen molar-refractivity contribution in [2.45, 2.75) is 18.5 Å². The molecule has 1 atom stereocenters. The van der Waals surface area contributed by atoms with Gasteiger partial charge < -0.3 is 18.9 Å². The molecule has 3 aromatic rings. The lowest BCUT2D eigenvalue weighted by atomic mass is 9.70. The normalized spacial score (nSPS) is 17.6. The Morgan fingerprint density at radius 3 is 2.08 bits per heavy atom. The van der Waals surface area contributed by atoms with Crippen molar-refractivity contribution in [3.8, 4) is 5.75 Å². The standard InChI is InChI=1S/C26H22F6O4/c1-33-14-35-20-12-11-16-7-3-5-9-18(16)21(20)22-19-10-6-4-8-17(19)13-24(25(27,28)29,26(30,31)32)23(22)36-15-34-2/h3-13,23H,14-15H2,1-2H3/t23-/m1/s1. The summed E-state index contributed by atoms with van der Waals surface area (Å²) in [5.74, 6) is 0.0477. The van der Waals surface area contributed by atoms with Gasteiger partial charge in [0, 0.05) is 25.4 Å². The first-order valence-corrected chi connectivity index (χ1v) is 10.8. The highest BCUT2D eigenvalue weighted by Gasteiger charge is 2.75. The van der Waals surface area contributed by atoms with Crippen molar-refractivity contribution in [3.63, 3.8) is 0 Å². The summed E-state index contributed by atoms with van der Waals surface area (Å²) >= 11 is 0. The Balaban J connectivity index is 2.22. The van der Waals surface area contributed by atoms with Crippen molar-refractivity contribution >= 4 is 22.4 Å². The van der Waals surface area contributed by atoms with Crippen LogP contribution in [0.2, 0.25) is 0 Å². The fourth-order valence-electron chi connectivity index (χ4n) is 4.57. The van der Waals surface area contributed by atoms with Crippen LogP contribution >= 0.6 is 0 Å². The van der Waals surface area contributed by atoms with Crippen molar-refractivity contribution < 1.29 is 45.3 Å². The third-order valence-electron chi connectivity index (χ3n) is 6.09. The molecule has 3 aromatic carbocycles. The van der Waals surface area contributed by atoms with Crippen LogP contribution in [0.4, 0.5) is 26.3 Å². The first-order chi connectivity index (χ1) is 17.1. The van der Waals surface area contributed by atoms with Crippen molar-refractivity contribution in [1.82, 2.24) is 0 Å². The highest BCUT2D eigenvalue weighted by Crippen LogP contribution is 2.58. The Morgan fingerprint density at radius 2 is 1.42 bits per heavy atom. The molecule has 1 aliphatic rings. The average Bonchev–Trinajstić information content (AvgIpc) is 2.83. The monoisotopic (exact) mass is 512 g/mol. The van der Waals surface area contributed by atoms with Gasteiger partial charge in [-0.2, -0.15) is 26.3 Å².